The molecule has 1 saturated carbocycles. The van der Waals surface area contributed by atoms with Crippen LogP contribution < -0.4 is 15.6 Å². The van der Waals surface area contributed by atoms with Gasteiger partial charge in [0.15, 0.2) is 0 Å². The molecule has 1 unspecified atom stereocenters. The molecule has 1 aliphatic carbocycles. The molecule has 144 valence electrons. The van der Waals surface area contributed by atoms with Gasteiger partial charge in [0, 0.05) is 11.1 Å². The number of hydrogen-bond acceptors (Lipinski definition) is 4. The minimum absolute atomic E-state index is 0.186. The molecule has 0 saturated heterocycles. The number of carbonyl (C=O) groups excluding carboxylic acids is 1. The Kier molecular flexibility index (Phi) is 5.10. The number of carbonyl (C=O) groups is 1. The normalized spacial score (nSPS) is 15.5. The Morgan fingerprint density at radius 3 is 2.50 bits per heavy atom. The second kappa shape index (κ2) is 7.84. The number of fused-ring (bicyclic) bond motifs is 1. The first-order valence-corrected chi connectivity index (χ1v) is 9.67. The molecule has 3 aromatic rings. The van der Waals surface area contributed by atoms with Crippen molar-refractivity contribution in [3.63, 3.8) is 0 Å². The minimum Gasteiger partial charge on any atom is -0.490 e. The van der Waals surface area contributed by atoms with Gasteiger partial charge in [-0.25, -0.2) is 5.10 Å². The van der Waals surface area contributed by atoms with E-state index < -0.39 is 5.92 Å². The van der Waals surface area contributed by atoms with Crippen molar-refractivity contribution in [3.8, 4) is 5.75 Å². The maximum absolute atomic E-state index is 12.7. The number of ether oxygens (including phenoxy) is 1. The Hall–Kier alpha value is -3.15. The zero-order valence-corrected chi connectivity index (χ0v) is 15.8. The molecule has 0 spiro atoms. The molecular weight excluding hydrogens is 354 g/mol. The summed E-state index contributed by atoms with van der Waals surface area (Å²) in [5.74, 6) is 0.122. The molecule has 1 heterocycles. The van der Waals surface area contributed by atoms with E-state index in [1.165, 1.54) is 12.8 Å². The van der Waals surface area contributed by atoms with Gasteiger partial charge in [-0.15, -0.1) is 0 Å². The summed E-state index contributed by atoms with van der Waals surface area (Å²) in [5, 5.41) is 10.7. The molecule has 4 rings (SSSR count). The number of nitrogens with zero attached hydrogens (tertiary/aromatic N) is 1. The van der Waals surface area contributed by atoms with E-state index in [9.17, 15) is 9.59 Å². The Labute approximate surface area is 162 Å². The van der Waals surface area contributed by atoms with Gasteiger partial charge < -0.3 is 10.1 Å². The van der Waals surface area contributed by atoms with E-state index in [4.69, 9.17) is 4.74 Å². The van der Waals surface area contributed by atoms with Gasteiger partial charge in [0.2, 0.25) is 5.91 Å². The average Bonchev–Trinajstić information content (AvgIpc) is 3.22. The number of anilines is 1. The summed E-state index contributed by atoms with van der Waals surface area (Å²) in [6, 6.07) is 14.6. The number of benzene rings is 2. The highest BCUT2D eigenvalue weighted by atomic mass is 16.5. The minimum atomic E-state index is -0.517. The fraction of sp³-hybridized carbons (Fsp3) is 0.318. The predicted molar refractivity (Wildman–Crippen MR) is 109 cm³/mol. The molecule has 2 N–H and O–H groups in total. The summed E-state index contributed by atoms with van der Waals surface area (Å²) in [5.41, 5.74) is 0.989. The molecule has 0 bridgehead atoms. The van der Waals surface area contributed by atoms with Crippen LogP contribution in [0, 0.1) is 0 Å². The molecule has 0 radical (unpaired) electrons. The van der Waals surface area contributed by atoms with Crippen molar-refractivity contribution in [1.29, 1.82) is 0 Å². The first-order valence-electron chi connectivity index (χ1n) is 9.67. The summed E-state index contributed by atoms with van der Waals surface area (Å²) in [7, 11) is 0. The zero-order chi connectivity index (χ0) is 19.5. The standard InChI is InChI=1S/C22H23N3O3/c1-14(20-18-8-4-5-9-19(18)22(27)25-24-20)21(26)23-15-10-12-17(13-11-15)28-16-6-2-3-7-16/h4-5,8-14,16H,2-3,6-7H2,1H3,(H,23,26)(H,25,27). The molecule has 28 heavy (non-hydrogen) atoms. The van der Waals surface area contributed by atoms with Crippen molar-refractivity contribution < 1.29 is 9.53 Å². The Bertz CT molecular complexity index is 1040. The molecule has 1 aliphatic rings. The largest absolute Gasteiger partial charge is 0.490 e. The van der Waals surface area contributed by atoms with E-state index in [0.717, 1.165) is 18.6 Å². The van der Waals surface area contributed by atoms with Crippen LogP contribution in [0.1, 0.15) is 44.2 Å². The van der Waals surface area contributed by atoms with Gasteiger partial charge in [-0.1, -0.05) is 18.2 Å². The SMILES string of the molecule is CC(C(=O)Nc1ccc(OC2CCCC2)cc1)c1n[nH]c(=O)c2ccccc12. The zero-order valence-electron chi connectivity index (χ0n) is 15.8. The second-order valence-electron chi connectivity index (χ2n) is 7.24. The van der Waals surface area contributed by atoms with Gasteiger partial charge in [-0.3, -0.25) is 9.59 Å². The van der Waals surface area contributed by atoms with Crippen LogP contribution in [0.4, 0.5) is 5.69 Å². The van der Waals surface area contributed by atoms with Gasteiger partial charge in [0.1, 0.15) is 5.75 Å². The highest BCUT2D eigenvalue weighted by Gasteiger charge is 2.21. The van der Waals surface area contributed by atoms with E-state index in [1.54, 1.807) is 19.1 Å². The lowest BCUT2D eigenvalue weighted by Crippen LogP contribution is -2.22. The lowest BCUT2D eigenvalue weighted by molar-refractivity contribution is -0.117. The van der Waals surface area contributed by atoms with E-state index >= 15 is 0 Å². The van der Waals surface area contributed by atoms with E-state index in [1.807, 2.05) is 36.4 Å². The molecule has 1 aromatic heterocycles. The third-order valence-electron chi connectivity index (χ3n) is 5.26. The molecule has 1 fully saturated rings. The summed E-state index contributed by atoms with van der Waals surface area (Å²) >= 11 is 0. The molecule has 6 heteroatoms. The number of aromatic amines is 1. The van der Waals surface area contributed by atoms with Crippen LogP contribution in [0.15, 0.2) is 53.3 Å². The smallest absolute Gasteiger partial charge is 0.272 e. The Morgan fingerprint density at radius 2 is 1.79 bits per heavy atom. The van der Waals surface area contributed by atoms with E-state index in [-0.39, 0.29) is 11.5 Å². The van der Waals surface area contributed by atoms with Crippen LogP contribution in [0.3, 0.4) is 0 Å². The third-order valence-corrected chi connectivity index (χ3v) is 5.26. The average molecular weight is 377 g/mol. The monoisotopic (exact) mass is 377 g/mol. The summed E-state index contributed by atoms with van der Waals surface area (Å²) in [4.78, 5) is 24.7. The van der Waals surface area contributed by atoms with Crippen LogP contribution in [0.25, 0.3) is 10.8 Å². The maximum atomic E-state index is 12.7. The first-order chi connectivity index (χ1) is 13.6. The van der Waals surface area contributed by atoms with Gasteiger partial charge in [-0.05, 0) is 62.9 Å². The molecule has 1 atom stereocenters. The van der Waals surface area contributed by atoms with Crippen LogP contribution >= 0.6 is 0 Å². The fourth-order valence-electron chi connectivity index (χ4n) is 3.66. The van der Waals surface area contributed by atoms with Gasteiger partial charge in [0.05, 0.1) is 23.1 Å². The van der Waals surface area contributed by atoms with Crippen molar-refractivity contribution >= 4 is 22.4 Å². The third kappa shape index (κ3) is 3.76. The van der Waals surface area contributed by atoms with Crippen LogP contribution in [-0.2, 0) is 4.79 Å². The van der Waals surface area contributed by atoms with Crippen molar-refractivity contribution in [1.82, 2.24) is 10.2 Å². The quantitative estimate of drug-likeness (QED) is 0.704. The van der Waals surface area contributed by atoms with E-state index in [2.05, 4.69) is 15.5 Å². The molecule has 1 amide bonds. The second-order valence-corrected chi connectivity index (χ2v) is 7.24. The number of hydrogen-bond donors (Lipinski definition) is 2. The molecular formula is C22H23N3O3. The number of H-pyrrole nitrogens is 1. The van der Waals surface area contributed by atoms with Gasteiger partial charge >= 0.3 is 0 Å². The lowest BCUT2D eigenvalue weighted by Gasteiger charge is -2.15. The number of amides is 1. The Balaban J connectivity index is 1.47. The predicted octanol–water partition coefficient (Wildman–Crippen LogP) is 3.99. The topological polar surface area (TPSA) is 84.1 Å². The van der Waals surface area contributed by atoms with Crippen molar-refractivity contribution in [2.75, 3.05) is 5.32 Å². The van der Waals surface area contributed by atoms with Gasteiger partial charge in [-0.2, -0.15) is 5.10 Å². The van der Waals surface area contributed by atoms with Gasteiger partial charge in [0.25, 0.3) is 5.56 Å². The Morgan fingerprint density at radius 1 is 1.11 bits per heavy atom. The summed E-state index contributed by atoms with van der Waals surface area (Å²) in [6.45, 7) is 1.78. The van der Waals surface area contributed by atoms with Crippen LogP contribution in [-0.4, -0.2) is 22.2 Å². The number of nitrogens with one attached hydrogen (secondary N) is 2. The highest BCUT2D eigenvalue weighted by Crippen LogP contribution is 2.26. The lowest BCUT2D eigenvalue weighted by atomic mass is 10.0. The van der Waals surface area contributed by atoms with E-state index in [0.29, 0.717) is 28.3 Å². The number of aromatic nitrogens is 2. The van der Waals surface area contributed by atoms with Crippen molar-refractivity contribution in [2.45, 2.75) is 44.6 Å². The first kappa shape index (κ1) is 18.2. The highest BCUT2D eigenvalue weighted by molar-refractivity contribution is 5.98. The molecule has 0 aliphatic heterocycles. The van der Waals surface area contributed by atoms with Crippen molar-refractivity contribution in [2.24, 2.45) is 0 Å². The molecule has 2 aromatic carbocycles. The number of rotatable bonds is 5. The summed E-state index contributed by atoms with van der Waals surface area (Å²) in [6.07, 6.45) is 4.97. The van der Waals surface area contributed by atoms with Crippen LogP contribution in [0.2, 0.25) is 0 Å². The van der Waals surface area contributed by atoms with Crippen molar-refractivity contribution in [3.05, 3.63) is 64.6 Å². The molecule has 6 nitrogen and oxygen atoms in total. The summed E-state index contributed by atoms with van der Waals surface area (Å²) < 4.78 is 5.95. The fourth-order valence-corrected chi connectivity index (χ4v) is 3.66. The maximum Gasteiger partial charge on any atom is 0.272 e. The van der Waals surface area contributed by atoms with Crippen LogP contribution in [0.5, 0.6) is 5.75 Å².